The van der Waals surface area contributed by atoms with Crippen molar-refractivity contribution in [1.29, 1.82) is 0 Å². The number of aromatic nitrogens is 5. The topological polar surface area (TPSA) is 61.7 Å². The Kier molecular flexibility index (Phi) is 7.69. The van der Waals surface area contributed by atoms with E-state index in [0.717, 1.165) is 69.0 Å². The number of benzene rings is 7. The monoisotopic (exact) mass is 795 g/mol. The Bertz CT molecular complexity index is 3660. The number of hydrogen-bond acceptors (Lipinski definition) is 4. The highest BCUT2D eigenvalue weighted by Gasteiger charge is 2.25. The molecule has 0 radical (unpaired) electrons. The molecule has 11 aromatic rings. The molecule has 0 fully saturated rings. The minimum Gasteiger partial charge on any atom is -0.456 e. The highest BCUT2D eigenvalue weighted by atomic mass is 16.3. The number of para-hydroxylation sites is 2. The predicted molar refractivity (Wildman–Crippen MR) is 254 cm³/mol. The van der Waals surface area contributed by atoms with Crippen LogP contribution in [0.5, 0.6) is 0 Å². The average molecular weight is 796 g/mol. The number of rotatable bonds is 6. The van der Waals surface area contributed by atoms with E-state index >= 15 is 0 Å². The summed E-state index contributed by atoms with van der Waals surface area (Å²) in [5.41, 5.74) is 15.5. The molecule has 0 bridgehead atoms. The van der Waals surface area contributed by atoms with Crippen LogP contribution in [-0.2, 0) is 6.42 Å². The van der Waals surface area contributed by atoms with E-state index in [4.69, 9.17) is 19.4 Å². The van der Waals surface area contributed by atoms with Gasteiger partial charge in [-0.3, -0.25) is 0 Å². The smallest absolute Gasteiger partial charge is 0.164 e. The first-order chi connectivity index (χ1) is 30.7. The van der Waals surface area contributed by atoms with E-state index in [2.05, 4.69) is 124 Å². The van der Waals surface area contributed by atoms with E-state index in [1.807, 2.05) is 72.8 Å². The van der Waals surface area contributed by atoms with Gasteiger partial charge in [0.15, 0.2) is 17.5 Å². The summed E-state index contributed by atoms with van der Waals surface area (Å²) >= 11 is 0. The summed E-state index contributed by atoms with van der Waals surface area (Å²) in [6.45, 7) is 0. The molecule has 4 heterocycles. The first-order valence-electron chi connectivity index (χ1n) is 21.3. The zero-order chi connectivity index (χ0) is 40.7. The van der Waals surface area contributed by atoms with Crippen LogP contribution in [0.3, 0.4) is 0 Å². The normalized spacial score (nSPS) is 13.6. The predicted octanol–water partition coefficient (Wildman–Crippen LogP) is 14.3. The molecule has 0 N–H and O–H groups in total. The van der Waals surface area contributed by atoms with Gasteiger partial charge in [-0.05, 0) is 72.5 Å². The number of nitrogens with zero attached hydrogens (tertiary/aromatic N) is 5. The second kappa shape index (κ2) is 13.7. The van der Waals surface area contributed by atoms with Crippen molar-refractivity contribution in [3.05, 3.63) is 193 Å². The van der Waals surface area contributed by atoms with Crippen molar-refractivity contribution in [1.82, 2.24) is 24.1 Å². The Morgan fingerprint density at radius 3 is 1.98 bits per heavy atom. The van der Waals surface area contributed by atoms with E-state index in [0.29, 0.717) is 17.5 Å². The molecule has 0 atom stereocenters. The second-order valence-electron chi connectivity index (χ2n) is 16.2. The molecular weight excluding hydrogens is 759 g/mol. The lowest BCUT2D eigenvalue weighted by Gasteiger charge is -2.18. The molecule has 0 unspecified atom stereocenters. The summed E-state index contributed by atoms with van der Waals surface area (Å²) in [7, 11) is 0. The average Bonchev–Trinajstić information content (AvgIpc) is 4.12. The lowest BCUT2D eigenvalue weighted by molar-refractivity contribution is 0.669. The summed E-state index contributed by atoms with van der Waals surface area (Å²) in [5, 5.41) is 5.80. The SMILES string of the molecule is C1=CCCC(n2c3ccccc3c3cccc(-n4c5c(c6cc(-c7ccc8oc9cccc(-c%10nc(-c%11ccccc%11)nc(-c%11ccccc%11)n%10)c9c8c7)ccc64)C=CC5)c32)=C1. The van der Waals surface area contributed by atoms with Crippen molar-refractivity contribution in [2.45, 2.75) is 19.3 Å². The zero-order valence-corrected chi connectivity index (χ0v) is 33.7. The van der Waals surface area contributed by atoms with Crippen molar-refractivity contribution < 1.29 is 4.42 Å². The van der Waals surface area contributed by atoms with Gasteiger partial charge in [-0.25, -0.2) is 15.0 Å². The standard InChI is InChI=1S/C56H37N5O/c1-4-15-35(16-5-1)54-57-55(36-17-6-2-7-18-36)59-56(58-54)43-24-14-28-51-52(43)45-34-38(30-32-50(45)62-51)37-29-31-48-44(33-37)41-22-12-26-47(41)61(48)49-27-13-23-42-40-21-10-11-25-46(40)60(53(42)49)39-19-8-3-9-20-39/h1-8,10-19,21-25,27-34H,9,20,26H2. The minimum absolute atomic E-state index is 0.604. The Labute approximate surface area is 357 Å². The Hall–Kier alpha value is -8.09. The van der Waals surface area contributed by atoms with Crippen LogP contribution in [-0.4, -0.2) is 24.1 Å². The van der Waals surface area contributed by atoms with Crippen molar-refractivity contribution in [2.24, 2.45) is 0 Å². The second-order valence-corrected chi connectivity index (χ2v) is 16.2. The highest BCUT2D eigenvalue weighted by Crippen LogP contribution is 2.43. The van der Waals surface area contributed by atoms with Crippen LogP contribution in [0.2, 0.25) is 0 Å². The number of furan rings is 1. The summed E-state index contributed by atoms with van der Waals surface area (Å²) < 4.78 is 11.6. The van der Waals surface area contributed by atoms with Crippen molar-refractivity contribution in [3.8, 4) is 51.0 Å². The molecule has 0 aliphatic heterocycles. The van der Waals surface area contributed by atoms with Crippen LogP contribution >= 0.6 is 0 Å². The third kappa shape index (κ3) is 5.33. The molecule has 0 saturated carbocycles. The van der Waals surface area contributed by atoms with Gasteiger partial charge >= 0.3 is 0 Å². The maximum absolute atomic E-state index is 6.54. The van der Waals surface area contributed by atoms with Gasteiger partial charge in [0, 0.05) is 67.0 Å². The van der Waals surface area contributed by atoms with Gasteiger partial charge in [0.25, 0.3) is 0 Å². The first kappa shape index (κ1) is 34.7. The molecule has 6 heteroatoms. The fourth-order valence-electron chi connectivity index (χ4n) is 9.88. The van der Waals surface area contributed by atoms with Crippen LogP contribution in [0.1, 0.15) is 24.1 Å². The fourth-order valence-corrected chi connectivity index (χ4v) is 9.88. The number of fused-ring (bicyclic) bond motifs is 9. The van der Waals surface area contributed by atoms with E-state index in [1.165, 1.54) is 55.4 Å². The van der Waals surface area contributed by atoms with Crippen LogP contribution < -0.4 is 0 Å². The maximum Gasteiger partial charge on any atom is 0.164 e. The van der Waals surface area contributed by atoms with Gasteiger partial charge in [-0.1, -0.05) is 140 Å². The summed E-state index contributed by atoms with van der Waals surface area (Å²) in [5.74, 6) is 1.86. The highest BCUT2D eigenvalue weighted by molar-refractivity contribution is 6.14. The molecular formula is C56H37N5O. The minimum atomic E-state index is 0.604. The third-order valence-corrected chi connectivity index (χ3v) is 12.7. The van der Waals surface area contributed by atoms with Crippen LogP contribution in [0.25, 0.3) is 117 Å². The summed E-state index contributed by atoms with van der Waals surface area (Å²) in [6, 6.07) is 55.5. The lowest BCUT2D eigenvalue weighted by Crippen LogP contribution is -2.05. The van der Waals surface area contributed by atoms with Crippen LogP contribution in [0.4, 0.5) is 0 Å². The molecule has 0 spiro atoms. The van der Waals surface area contributed by atoms with Gasteiger partial charge in [0.1, 0.15) is 11.2 Å². The van der Waals surface area contributed by atoms with Crippen LogP contribution in [0, 0.1) is 0 Å². The van der Waals surface area contributed by atoms with Gasteiger partial charge in [0.2, 0.25) is 0 Å². The molecule has 0 amide bonds. The molecule has 6 nitrogen and oxygen atoms in total. The van der Waals surface area contributed by atoms with E-state index in [9.17, 15) is 0 Å². The fraction of sp³-hybridized carbons (Fsp3) is 0.0536. The molecule has 292 valence electrons. The van der Waals surface area contributed by atoms with E-state index in [1.54, 1.807) is 0 Å². The zero-order valence-electron chi connectivity index (χ0n) is 33.7. The van der Waals surface area contributed by atoms with Crippen molar-refractivity contribution >= 4 is 66.4 Å². The molecule has 0 saturated heterocycles. The van der Waals surface area contributed by atoms with Crippen molar-refractivity contribution in [2.75, 3.05) is 0 Å². The Balaban J connectivity index is 0.980. The van der Waals surface area contributed by atoms with Gasteiger partial charge in [-0.2, -0.15) is 0 Å². The largest absolute Gasteiger partial charge is 0.456 e. The van der Waals surface area contributed by atoms with E-state index in [-0.39, 0.29) is 0 Å². The Morgan fingerprint density at radius 1 is 0.500 bits per heavy atom. The molecule has 2 aliphatic rings. The number of hydrogen-bond donors (Lipinski definition) is 0. The molecule has 7 aromatic carbocycles. The number of allylic oxidation sites excluding steroid dienone is 5. The van der Waals surface area contributed by atoms with Crippen molar-refractivity contribution in [3.63, 3.8) is 0 Å². The Morgan fingerprint density at radius 2 is 1.19 bits per heavy atom. The maximum atomic E-state index is 6.54. The van der Waals surface area contributed by atoms with Gasteiger partial charge in [-0.15, -0.1) is 0 Å². The molecule has 13 rings (SSSR count). The van der Waals surface area contributed by atoms with Crippen LogP contribution in [0.15, 0.2) is 186 Å². The third-order valence-electron chi connectivity index (χ3n) is 12.7. The summed E-state index contributed by atoms with van der Waals surface area (Å²) in [4.78, 5) is 15.1. The quantitative estimate of drug-likeness (QED) is 0.168. The van der Waals surface area contributed by atoms with Gasteiger partial charge in [0.05, 0.1) is 22.2 Å². The molecule has 4 aromatic heterocycles. The molecule has 62 heavy (non-hydrogen) atoms. The van der Waals surface area contributed by atoms with Gasteiger partial charge < -0.3 is 13.6 Å². The lowest BCUT2D eigenvalue weighted by atomic mass is 9.99. The summed E-state index contributed by atoms with van der Waals surface area (Å²) in [6.07, 6.45) is 14.3. The first-order valence-corrected chi connectivity index (χ1v) is 21.3. The molecule has 2 aliphatic carbocycles. The van der Waals surface area contributed by atoms with E-state index < -0.39 is 0 Å².